The molecule has 0 aromatic heterocycles. The van der Waals surface area contributed by atoms with Crippen molar-refractivity contribution in [3.63, 3.8) is 0 Å². The highest BCUT2D eigenvalue weighted by Gasteiger charge is 2.27. The fourth-order valence-corrected chi connectivity index (χ4v) is 5.15. The maximum atomic E-state index is 13.5. The summed E-state index contributed by atoms with van der Waals surface area (Å²) in [4.78, 5) is 13.1. The van der Waals surface area contributed by atoms with E-state index >= 15 is 0 Å². The van der Waals surface area contributed by atoms with Crippen molar-refractivity contribution in [3.05, 3.63) is 141 Å². The monoisotopic (exact) mass is 520 g/mol. The molecule has 0 spiro atoms. The quantitative estimate of drug-likeness (QED) is 0.178. The molecule has 0 aliphatic heterocycles. The van der Waals surface area contributed by atoms with E-state index < -0.39 is 32.1 Å². The minimum atomic E-state index is -4.13. The molecule has 0 heterocycles. The maximum absolute atomic E-state index is 13.5. The van der Waals surface area contributed by atoms with Crippen LogP contribution in [0.1, 0.15) is 27.0 Å². The van der Waals surface area contributed by atoms with Gasteiger partial charge in [0, 0.05) is 16.1 Å². The standard InChI is InChI=1S/C29H22ClFO4S/c30-25-14-12-23(13-15-25)29(32)28(36(33,34)20-22-10-16-26(31)17-11-22)18-24-8-4-5-9-27(24)35-19-21-6-2-1-3-7-21/h1-18H,19-20H2/b28-18+. The third kappa shape index (κ3) is 6.47. The van der Waals surface area contributed by atoms with Crippen molar-refractivity contribution in [1.82, 2.24) is 0 Å². The second kappa shape index (κ2) is 11.3. The van der Waals surface area contributed by atoms with Crippen molar-refractivity contribution in [2.75, 3.05) is 0 Å². The molecule has 182 valence electrons. The number of carbonyl (C=O) groups excluding carboxylic acids is 1. The van der Waals surface area contributed by atoms with Gasteiger partial charge in [-0.25, -0.2) is 12.8 Å². The lowest BCUT2D eigenvalue weighted by Crippen LogP contribution is -2.16. The summed E-state index contributed by atoms with van der Waals surface area (Å²) in [7, 11) is -4.13. The van der Waals surface area contributed by atoms with E-state index in [0.29, 0.717) is 21.9 Å². The minimum absolute atomic E-state index is 0.177. The first-order valence-corrected chi connectivity index (χ1v) is 13.1. The molecule has 36 heavy (non-hydrogen) atoms. The third-order valence-electron chi connectivity index (χ3n) is 5.38. The summed E-state index contributed by atoms with van der Waals surface area (Å²) in [5.74, 6) is -1.19. The molecule has 0 amide bonds. The van der Waals surface area contributed by atoms with Crippen LogP contribution >= 0.6 is 11.6 Å². The second-order valence-corrected chi connectivity index (χ2v) is 10.4. The third-order valence-corrected chi connectivity index (χ3v) is 7.32. The van der Waals surface area contributed by atoms with Gasteiger partial charge < -0.3 is 4.74 Å². The lowest BCUT2D eigenvalue weighted by Gasteiger charge is -2.13. The van der Waals surface area contributed by atoms with E-state index in [1.807, 2.05) is 30.3 Å². The van der Waals surface area contributed by atoms with Gasteiger partial charge in [0.1, 0.15) is 23.1 Å². The van der Waals surface area contributed by atoms with Gasteiger partial charge in [-0.3, -0.25) is 4.79 Å². The lowest BCUT2D eigenvalue weighted by atomic mass is 10.1. The van der Waals surface area contributed by atoms with Gasteiger partial charge in [0.2, 0.25) is 5.78 Å². The number of carbonyl (C=O) groups is 1. The van der Waals surface area contributed by atoms with Gasteiger partial charge in [0.15, 0.2) is 9.84 Å². The number of rotatable bonds is 9. The zero-order valence-electron chi connectivity index (χ0n) is 19.1. The smallest absolute Gasteiger partial charge is 0.204 e. The molecule has 4 nitrogen and oxygen atoms in total. The van der Waals surface area contributed by atoms with Crippen molar-refractivity contribution in [3.8, 4) is 5.75 Å². The number of halogens is 2. The molecular formula is C29H22ClFO4S. The number of allylic oxidation sites excluding steroid dienone is 1. The first-order chi connectivity index (χ1) is 17.3. The van der Waals surface area contributed by atoms with Gasteiger partial charge >= 0.3 is 0 Å². The largest absolute Gasteiger partial charge is 0.488 e. The normalized spacial score (nSPS) is 11.8. The van der Waals surface area contributed by atoms with Crippen molar-refractivity contribution in [2.24, 2.45) is 0 Å². The van der Waals surface area contributed by atoms with E-state index in [1.165, 1.54) is 54.6 Å². The molecule has 0 N–H and O–H groups in total. The highest BCUT2D eigenvalue weighted by molar-refractivity contribution is 7.95. The van der Waals surface area contributed by atoms with Gasteiger partial charge in [-0.1, -0.05) is 72.3 Å². The maximum Gasteiger partial charge on any atom is 0.204 e. The van der Waals surface area contributed by atoms with Crippen LogP contribution in [0.4, 0.5) is 4.39 Å². The number of benzene rings is 4. The minimum Gasteiger partial charge on any atom is -0.488 e. The van der Waals surface area contributed by atoms with Crippen LogP contribution in [0, 0.1) is 5.82 Å². The Labute approximate surface area is 214 Å². The average Bonchev–Trinajstić information content (AvgIpc) is 2.88. The predicted molar refractivity (Wildman–Crippen MR) is 140 cm³/mol. The highest BCUT2D eigenvalue weighted by atomic mass is 35.5. The fourth-order valence-electron chi connectivity index (χ4n) is 3.53. The number of Topliss-reactive ketones (excluding diaryl/α,β-unsaturated/α-hetero) is 1. The molecule has 0 unspecified atom stereocenters. The molecule has 0 fully saturated rings. The summed E-state index contributed by atoms with van der Waals surface area (Å²) in [6, 6.07) is 27.6. The van der Waals surface area contributed by atoms with Crippen LogP contribution in [0.25, 0.3) is 6.08 Å². The molecular weight excluding hydrogens is 499 g/mol. The van der Waals surface area contributed by atoms with E-state index in [1.54, 1.807) is 24.3 Å². The van der Waals surface area contributed by atoms with Gasteiger partial charge in [0.25, 0.3) is 0 Å². The summed E-state index contributed by atoms with van der Waals surface area (Å²) in [5, 5.41) is 0.422. The predicted octanol–water partition coefficient (Wildman–Crippen LogP) is 6.90. The Balaban J connectivity index is 1.74. The highest BCUT2D eigenvalue weighted by Crippen LogP contribution is 2.28. The number of hydrogen-bond acceptors (Lipinski definition) is 4. The summed E-state index contributed by atoms with van der Waals surface area (Å²) in [6.45, 7) is 0.272. The summed E-state index contributed by atoms with van der Waals surface area (Å²) in [5.41, 5.74) is 1.92. The summed E-state index contributed by atoms with van der Waals surface area (Å²) < 4.78 is 46.3. The van der Waals surface area contributed by atoms with E-state index in [0.717, 1.165) is 5.56 Å². The van der Waals surface area contributed by atoms with Crippen LogP contribution in [0.3, 0.4) is 0 Å². The molecule has 0 aliphatic rings. The van der Waals surface area contributed by atoms with E-state index in [2.05, 4.69) is 0 Å². The number of ketones is 1. The van der Waals surface area contributed by atoms with Crippen LogP contribution in [0.2, 0.25) is 5.02 Å². The Bertz CT molecular complexity index is 1480. The van der Waals surface area contributed by atoms with Crippen molar-refractivity contribution in [1.29, 1.82) is 0 Å². The Hall–Kier alpha value is -3.74. The van der Waals surface area contributed by atoms with Crippen LogP contribution in [0.15, 0.2) is 108 Å². The Morgan fingerprint density at radius 1 is 0.806 bits per heavy atom. The molecule has 0 radical (unpaired) electrons. The van der Waals surface area contributed by atoms with Crippen LogP contribution < -0.4 is 4.74 Å². The molecule has 0 bridgehead atoms. The van der Waals surface area contributed by atoms with Crippen molar-refractivity contribution < 1.29 is 22.3 Å². The molecule has 0 atom stereocenters. The molecule has 4 rings (SSSR count). The Morgan fingerprint density at radius 3 is 2.14 bits per heavy atom. The van der Waals surface area contributed by atoms with E-state index in [-0.39, 0.29) is 12.2 Å². The second-order valence-electron chi connectivity index (χ2n) is 8.04. The molecule has 4 aromatic rings. The Kier molecular flexibility index (Phi) is 7.98. The lowest BCUT2D eigenvalue weighted by molar-refractivity contribution is 0.104. The topological polar surface area (TPSA) is 60.4 Å². The van der Waals surface area contributed by atoms with Gasteiger partial charge in [0.05, 0.1) is 5.75 Å². The first-order valence-electron chi connectivity index (χ1n) is 11.1. The number of ether oxygens (including phenoxy) is 1. The SMILES string of the molecule is O=C(/C(=C\c1ccccc1OCc1ccccc1)S(=O)(=O)Cc1ccc(F)cc1)c1ccc(Cl)cc1. The van der Waals surface area contributed by atoms with Crippen LogP contribution in [0.5, 0.6) is 5.75 Å². The van der Waals surface area contributed by atoms with E-state index in [9.17, 15) is 17.6 Å². The van der Waals surface area contributed by atoms with Crippen LogP contribution in [-0.2, 0) is 22.2 Å². The number of para-hydroxylation sites is 1. The van der Waals surface area contributed by atoms with Gasteiger partial charge in [-0.05, 0) is 59.7 Å². The van der Waals surface area contributed by atoms with Crippen LogP contribution in [-0.4, -0.2) is 14.2 Å². The first kappa shape index (κ1) is 25.4. The molecule has 0 aliphatic carbocycles. The van der Waals surface area contributed by atoms with Gasteiger partial charge in [-0.15, -0.1) is 0 Å². The molecule has 7 heteroatoms. The molecule has 0 saturated heterocycles. The van der Waals surface area contributed by atoms with Crippen molar-refractivity contribution in [2.45, 2.75) is 12.4 Å². The number of sulfone groups is 1. The summed E-state index contributed by atoms with van der Waals surface area (Å²) in [6.07, 6.45) is 1.33. The molecule has 4 aromatic carbocycles. The van der Waals surface area contributed by atoms with Crippen molar-refractivity contribution >= 4 is 33.3 Å². The number of hydrogen-bond donors (Lipinski definition) is 0. The zero-order chi connectivity index (χ0) is 25.5. The molecule has 0 saturated carbocycles. The zero-order valence-corrected chi connectivity index (χ0v) is 20.7. The van der Waals surface area contributed by atoms with E-state index in [4.69, 9.17) is 16.3 Å². The summed E-state index contributed by atoms with van der Waals surface area (Å²) >= 11 is 5.95. The average molecular weight is 521 g/mol. The Morgan fingerprint density at radius 2 is 1.44 bits per heavy atom. The fraction of sp³-hybridized carbons (Fsp3) is 0.0690. The van der Waals surface area contributed by atoms with Gasteiger partial charge in [-0.2, -0.15) is 0 Å².